The van der Waals surface area contributed by atoms with Crippen molar-refractivity contribution in [2.24, 2.45) is 5.92 Å². The summed E-state index contributed by atoms with van der Waals surface area (Å²) in [6.45, 7) is 0. The van der Waals surface area contributed by atoms with Gasteiger partial charge in [0.15, 0.2) is 0 Å². The Balaban J connectivity index is 1.72. The third kappa shape index (κ3) is 4.00. The molecule has 4 nitrogen and oxygen atoms in total. The Morgan fingerprint density at radius 2 is 1.92 bits per heavy atom. The average molecular weight is 355 g/mol. The molecule has 1 saturated carbocycles. The van der Waals surface area contributed by atoms with Gasteiger partial charge in [0.05, 0.1) is 18.4 Å². The van der Waals surface area contributed by atoms with Crippen molar-refractivity contribution in [1.82, 2.24) is 14.9 Å². The van der Waals surface area contributed by atoms with Crippen LogP contribution in [0.1, 0.15) is 36.2 Å². The predicted octanol–water partition coefficient (Wildman–Crippen LogP) is 3.86. The smallest absolute Gasteiger partial charge is 0.348 e. The fraction of sp³-hybridized carbons (Fsp3) is 0.412. The first kappa shape index (κ1) is 17.4. The van der Waals surface area contributed by atoms with E-state index in [9.17, 15) is 22.4 Å². The molecular weight excluding hydrogens is 338 g/mol. The van der Waals surface area contributed by atoms with Gasteiger partial charge in [0.1, 0.15) is 11.5 Å². The zero-order valence-corrected chi connectivity index (χ0v) is 13.3. The van der Waals surface area contributed by atoms with Gasteiger partial charge in [0, 0.05) is 11.7 Å². The molecule has 1 aromatic carbocycles. The normalized spacial score (nSPS) is 21.1. The minimum atomic E-state index is -4.24. The maximum atomic E-state index is 13.0. The second kappa shape index (κ2) is 6.85. The van der Waals surface area contributed by atoms with Crippen molar-refractivity contribution in [3.8, 4) is 5.69 Å². The fourth-order valence-electron chi connectivity index (χ4n) is 3.15. The van der Waals surface area contributed by atoms with E-state index in [0.717, 1.165) is 0 Å². The zero-order valence-electron chi connectivity index (χ0n) is 13.3. The number of hydrogen-bond donors (Lipinski definition) is 1. The highest BCUT2D eigenvalue weighted by Gasteiger charge is 2.42. The number of imidazole rings is 1. The number of carbonyl (C=O) groups is 1. The molecular formula is C17H17F4N3O. The molecule has 3 rings (SSSR count). The minimum Gasteiger partial charge on any atom is -0.348 e. The van der Waals surface area contributed by atoms with Crippen molar-refractivity contribution < 1.29 is 22.4 Å². The highest BCUT2D eigenvalue weighted by Crippen LogP contribution is 2.37. The van der Waals surface area contributed by atoms with E-state index < -0.39 is 29.9 Å². The van der Waals surface area contributed by atoms with Crippen LogP contribution in [-0.4, -0.2) is 27.7 Å². The van der Waals surface area contributed by atoms with Crippen molar-refractivity contribution >= 4 is 5.91 Å². The molecule has 8 heteroatoms. The number of alkyl halides is 3. The van der Waals surface area contributed by atoms with E-state index in [1.54, 1.807) is 0 Å². The number of benzene rings is 1. The van der Waals surface area contributed by atoms with Crippen molar-refractivity contribution in [2.75, 3.05) is 0 Å². The molecule has 0 spiro atoms. The summed E-state index contributed by atoms with van der Waals surface area (Å²) < 4.78 is 53.2. The molecule has 1 fully saturated rings. The Hall–Kier alpha value is -2.38. The van der Waals surface area contributed by atoms with Crippen LogP contribution in [0.5, 0.6) is 0 Å². The van der Waals surface area contributed by atoms with Crippen molar-refractivity contribution in [2.45, 2.75) is 37.9 Å². The first-order chi connectivity index (χ1) is 11.8. The number of halogens is 4. The van der Waals surface area contributed by atoms with E-state index in [2.05, 4.69) is 10.3 Å². The number of aromatic nitrogens is 2. The highest BCUT2D eigenvalue weighted by molar-refractivity contribution is 5.93. The number of hydrogen-bond acceptors (Lipinski definition) is 2. The summed E-state index contributed by atoms with van der Waals surface area (Å²) in [7, 11) is 0. The lowest BCUT2D eigenvalue weighted by atomic mass is 9.85. The molecule has 0 radical (unpaired) electrons. The number of nitrogens with one attached hydrogen (secondary N) is 1. The molecule has 1 heterocycles. The number of amides is 1. The van der Waals surface area contributed by atoms with Gasteiger partial charge in [-0.25, -0.2) is 9.37 Å². The van der Waals surface area contributed by atoms with Gasteiger partial charge in [-0.3, -0.25) is 9.36 Å². The number of nitrogens with zero attached hydrogens (tertiary/aromatic N) is 2. The van der Waals surface area contributed by atoms with Gasteiger partial charge in [0.25, 0.3) is 5.91 Å². The van der Waals surface area contributed by atoms with E-state index >= 15 is 0 Å². The van der Waals surface area contributed by atoms with Crippen LogP contribution in [0, 0.1) is 11.7 Å². The molecule has 1 amide bonds. The van der Waals surface area contributed by atoms with Gasteiger partial charge < -0.3 is 5.32 Å². The predicted molar refractivity (Wildman–Crippen MR) is 82.8 cm³/mol. The SMILES string of the molecule is O=C(N[C@H]1CCC[C@@H](C(F)(F)F)C1)c1cncn1-c1ccc(F)cc1. The second-order valence-corrected chi connectivity index (χ2v) is 6.20. The molecule has 1 aliphatic carbocycles. The van der Waals surface area contributed by atoms with Crippen LogP contribution in [0.25, 0.3) is 5.69 Å². The van der Waals surface area contributed by atoms with Crippen LogP contribution < -0.4 is 5.32 Å². The second-order valence-electron chi connectivity index (χ2n) is 6.20. The lowest BCUT2D eigenvalue weighted by Crippen LogP contribution is -2.42. The van der Waals surface area contributed by atoms with Crippen LogP contribution in [-0.2, 0) is 0 Å². The Labute approximate surface area is 141 Å². The molecule has 1 aliphatic rings. The van der Waals surface area contributed by atoms with Gasteiger partial charge in [-0.1, -0.05) is 6.42 Å². The summed E-state index contributed by atoms with van der Waals surface area (Å²) in [5, 5.41) is 2.67. The lowest BCUT2D eigenvalue weighted by molar-refractivity contribution is -0.183. The Bertz CT molecular complexity index is 739. The third-order valence-electron chi connectivity index (χ3n) is 4.45. The maximum absolute atomic E-state index is 13.0. The summed E-state index contributed by atoms with van der Waals surface area (Å²) >= 11 is 0. The molecule has 2 aromatic rings. The van der Waals surface area contributed by atoms with Crippen LogP contribution in [0.2, 0.25) is 0 Å². The third-order valence-corrected chi connectivity index (χ3v) is 4.45. The Morgan fingerprint density at radius 1 is 1.20 bits per heavy atom. The van der Waals surface area contributed by atoms with Crippen LogP contribution in [0.3, 0.4) is 0 Å². The highest BCUT2D eigenvalue weighted by atomic mass is 19.4. The van der Waals surface area contributed by atoms with E-state index in [1.807, 2.05) is 0 Å². The van der Waals surface area contributed by atoms with Gasteiger partial charge in [-0.05, 0) is 43.5 Å². The van der Waals surface area contributed by atoms with E-state index in [0.29, 0.717) is 18.5 Å². The van der Waals surface area contributed by atoms with Crippen molar-refractivity contribution in [3.05, 3.63) is 48.3 Å². The summed E-state index contributed by atoms with van der Waals surface area (Å²) in [5.74, 6) is -2.28. The van der Waals surface area contributed by atoms with Gasteiger partial charge >= 0.3 is 6.18 Å². The van der Waals surface area contributed by atoms with Crippen LogP contribution >= 0.6 is 0 Å². The molecule has 1 N–H and O–H groups in total. The molecule has 0 unspecified atom stereocenters. The molecule has 1 aromatic heterocycles. The molecule has 25 heavy (non-hydrogen) atoms. The van der Waals surface area contributed by atoms with E-state index in [4.69, 9.17) is 0 Å². The van der Waals surface area contributed by atoms with E-state index in [1.165, 1.54) is 41.4 Å². The monoisotopic (exact) mass is 355 g/mol. The number of carbonyl (C=O) groups excluding carboxylic acids is 1. The number of rotatable bonds is 3. The maximum Gasteiger partial charge on any atom is 0.391 e. The summed E-state index contributed by atoms with van der Waals surface area (Å²) in [6.07, 6.45) is -0.567. The molecule has 134 valence electrons. The minimum absolute atomic E-state index is 0.101. The van der Waals surface area contributed by atoms with E-state index in [-0.39, 0.29) is 18.5 Å². The summed E-state index contributed by atoms with van der Waals surface area (Å²) in [6, 6.07) is 4.98. The summed E-state index contributed by atoms with van der Waals surface area (Å²) in [5.41, 5.74) is 0.738. The van der Waals surface area contributed by atoms with Crippen molar-refractivity contribution in [3.63, 3.8) is 0 Å². The largest absolute Gasteiger partial charge is 0.391 e. The molecule has 0 bridgehead atoms. The van der Waals surface area contributed by atoms with Crippen LogP contribution in [0.15, 0.2) is 36.8 Å². The van der Waals surface area contributed by atoms with Gasteiger partial charge in [0.2, 0.25) is 0 Å². The quantitative estimate of drug-likeness (QED) is 0.850. The van der Waals surface area contributed by atoms with Crippen molar-refractivity contribution in [1.29, 1.82) is 0 Å². The lowest BCUT2D eigenvalue weighted by Gasteiger charge is -2.31. The first-order valence-corrected chi connectivity index (χ1v) is 8.00. The fourth-order valence-corrected chi connectivity index (χ4v) is 3.15. The van der Waals surface area contributed by atoms with Gasteiger partial charge in [-0.15, -0.1) is 0 Å². The standard InChI is InChI=1S/C17H17F4N3O/c18-12-4-6-14(7-5-12)24-10-22-9-15(24)16(25)23-13-3-1-2-11(8-13)17(19,20)21/h4-7,9-11,13H,1-3,8H2,(H,23,25)/t11-,13+/m1/s1. The average Bonchev–Trinajstić information content (AvgIpc) is 3.05. The zero-order chi connectivity index (χ0) is 18.0. The molecule has 2 atom stereocenters. The topological polar surface area (TPSA) is 46.9 Å². The van der Waals surface area contributed by atoms with Gasteiger partial charge in [-0.2, -0.15) is 13.2 Å². The van der Waals surface area contributed by atoms with Crippen LogP contribution in [0.4, 0.5) is 17.6 Å². The Morgan fingerprint density at radius 3 is 2.60 bits per heavy atom. The molecule has 0 aliphatic heterocycles. The Kier molecular flexibility index (Phi) is 4.78. The molecule has 0 saturated heterocycles. The first-order valence-electron chi connectivity index (χ1n) is 8.00. The summed E-state index contributed by atoms with van der Waals surface area (Å²) in [4.78, 5) is 16.4.